The predicted molar refractivity (Wildman–Crippen MR) is 77.1 cm³/mol. The van der Waals surface area contributed by atoms with Crippen molar-refractivity contribution in [2.45, 2.75) is 44.4 Å². The smallest absolute Gasteiger partial charge is 0.335 e. The molecule has 21 heavy (non-hydrogen) atoms. The second kappa shape index (κ2) is 6.08. The van der Waals surface area contributed by atoms with E-state index in [9.17, 15) is 4.79 Å². The summed E-state index contributed by atoms with van der Waals surface area (Å²) in [7, 11) is 0. The first kappa shape index (κ1) is 13.8. The van der Waals surface area contributed by atoms with Gasteiger partial charge in [0.05, 0.1) is 5.56 Å². The zero-order valence-corrected chi connectivity index (χ0v) is 11.8. The van der Waals surface area contributed by atoms with Crippen LogP contribution >= 0.6 is 0 Å². The lowest BCUT2D eigenvalue weighted by Crippen LogP contribution is -1.99. The molecule has 0 radical (unpaired) electrons. The van der Waals surface area contributed by atoms with Crippen LogP contribution in [0, 0.1) is 0 Å². The second-order valence-corrected chi connectivity index (χ2v) is 5.53. The first-order chi connectivity index (χ1) is 10.2. The molecule has 1 N–H and O–H groups in total. The highest BCUT2D eigenvalue weighted by atomic mass is 16.5. The number of nitrogens with zero attached hydrogens (tertiary/aromatic N) is 2. The quantitative estimate of drug-likeness (QED) is 0.867. The largest absolute Gasteiger partial charge is 0.478 e. The summed E-state index contributed by atoms with van der Waals surface area (Å²) in [6.07, 6.45) is 7.19. The van der Waals surface area contributed by atoms with Crippen molar-refractivity contribution in [3.8, 4) is 11.5 Å². The molecule has 0 unspecified atom stereocenters. The molecular weight excluding hydrogens is 268 g/mol. The molecule has 110 valence electrons. The average Bonchev–Trinajstić information content (AvgIpc) is 2.83. The Hall–Kier alpha value is -2.17. The van der Waals surface area contributed by atoms with Crippen molar-refractivity contribution in [2.75, 3.05) is 0 Å². The van der Waals surface area contributed by atoms with E-state index in [0.717, 1.165) is 18.7 Å². The molecule has 1 heterocycles. The van der Waals surface area contributed by atoms with Crippen LogP contribution in [-0.2, 0) is 0 Å². The normalized spacial score (nSPS) is 16.6. The van der Waals surface area contributed by atoms with E-state index >= 15 is 0 Å². The minimum Gasteiger partial charge on any atom is -0.478 e. The molecule has 3 rings (SSSR count). The van der Waals surface area contributed by atoms with Gasteiger partial charge in [0.1, 0.15) is 0 Å². The molecule has 1 fully saturated rings. The Labute approximate surface area is 123 Å². The third-order valence-corrected chi connectivity index (χ3v) is 4.02. The number of aromatic nitrogens is 2. The monoisotopic (exact) mass is 286 g/mol. The molecule has 1 aliphatic rings. The van der Waals surface area contributed by atoms with Gasteiger partial charge in [-0.05, 0) is 31.0 Å². The molecule has 0 aliphatic heterocycles. The second-order valence-electron chi connectivity index (χ2n) is 5.53. The molecule has 2 aromatic rings. The predicted octanol–water partition coefficient (Wildman–Crippen LogP) is 3.87. The Kier molecular flexibility index (Phi) is 3.99. The SMILES string of the molecule is O=C(O)c1cccc(-c2nc(C3CCCCCC3)no2)c1. The third kappa shape index (κ3) is 3.12. The van der Waals surface area contributed by atoms with E-state index in [1.165, 1.54) is 25.7 Å². The van der Waals surface area contributed by atoms with Crippen molar-refractivity contribution >= 4 is 5.97 Å². The Bertz CT molecular complexity index is 628. The van der Waals surface area contributed by atoms with Gasteiger partial charge in [-0.3, -0.25) is 0 Å². The highest BCUT2D eigenvalue weighted by molar-refractivity contribution is 5.88. The van der Waals surface area contributed by atoms with Crippen LogP contribution in [0.2, 0.25) is 0 Å². The summed E-state index contributed by atoms with van der Waals surface area (Å²) in [6, 6.07) is 6.59. The van der Waals surface area contributed by atoms with Crippen molar-refractivity contribution in [1.82, 2.24) is 10.1 Å². The fourth-order valence-corrected chi connectivity index (χ4v) is 2.84. The van der Waals surface area contributed by atoms with E-state index in [4.69, 9.17) is 9.63 Å². The van der Waals surface area contributed by atoms with Gasteiger partial charge in [-0.25, -0.2) is 4.79 Å². The zero-order valence-electron chi connectivity index (χ0n) is 11.8. The van der Waals surface area contributed by atoms with Gasteiger partial charge in [0, 0.05) is 11.5 Å². The summed E-state index contributed by atoms with van der Waals surface area (Å²) in [6.45, 7) is 0. The molecular formula is C16H18N2O3. The van der Waals surface area contributed by atoms with Crippen LogP contribution in [0.15, 0.2) is 28.8 Å². The molecule has 5 heteroatoms. The Morgan fingerprint density at radius 3 is 2.67 bits per heavy atom. The van der Waals surface area contributed by atoms with E-state index in [2.05, 4.69) is 10.1 Å². The van der Waals surface area contributed by atoms with Crippen LogP contribution in [0.5, 0.6) is 0 Å². The fraction of sp³-hybridized carbons (Fsp3) is 0.438. The maximum absolute atomic E-state index is 11.0. The van der Waals surface area contributed by atoms with Crippen LogP contribution < -0.4 is 0 Å². The van der Waals surface area contributed by atoms with Crippen LogP contribution in [-0.4, -0.2) is 21.2 Å². The van der Waals surface area contributed by atoms with E-state index in [0.29, 0.717) is 17.4 Å². The molecule has 0 atom stereocenters. The zero-order chi connectivity index (χ0) is 14.7. The van der Waals surface area contributed by atoms with E-state index < -0.39 is 5.97 Å². The summed E-state index contributed by atoms with van der Waals surface area (Å²) in [5, 5.41) is 13.1. The van der Waals surface area contributed by atoms with E-state index in [1.807, 2.05) is 0 Å². The lowest BCUT2D eigenvalue weighted by Gasteiger charge is -2.07. The van der Waals surface area contributed by atoms with Crippen molar-refractivity contribution in [3.63, 3.8) is 0 Å². The van der Waals surface area contributed by atoms with Gasteiger partial charge >= 0.3 is 5.97 Å². The molecule has 1 aromatic heterocycles. The Morgan fingerprint density at radius 1 is 1.19 bits per heavy atom. The highest BCUT2D eigenvalue weighted by Gasteiger charge is 2.20. The maximum Gasteiger partial charge on any atom is 0.335 e. The molecule has 1 aromatic carbocycles. The number of aromatic carboxylic acids is 1. The van der Waals surface area contributed by atoms with E-state index in [1.54, 1.807) is 24.3 Å². The number of carboxylic acids is 1. The Balaban J connectivity index is 1.84. The van der Waals surface area contributed by atoms with Crippen molar-refractivity contribution < 1.29 is 14.4 Å². The minimum atomic E-state index is -0.958. The number of rotatable bonds is 3. The number of hydrogen-bond acceptors (Lipinski definition) is 4. The summed E-state index contributed by atoms with van der Waals surface area (Å²) in [5.74, 6) is 0.568. The number of carboxylic acid groups (broad SMARTS) is 1. The van der Waals surface area contributed by atoms with Crippen LogP contribution in [0.25, 0.3) is 11.5 Å². The lowest BCUT2D eigenvalue weighted by atomic mass is 10.00. The van der Waals surface area contributed by atoms with Crippen LogP contribution in [0.3, 0.4) is 0 Å². The highest BCUT2D eigenvalue weighted by Crippen LogP contribution is 2.31. The molecule has 0 bridgehead atoms. The molecule has 0 amide bonds. The first-order valence-corrected chi connectivity index (χ1v) is 7.41. The van der Waals surface area contributed by atoms with Crippen LogP contribution in [0.4, 0.5) is 0 Å². The molecule has 0 spiro atoms. The number of carbonyl (C=O) groups is 1. The van der Waals surface area contributed by atoms with Gasteiger partial charge in [0.25, 0.3) is 5.89 Å². The van der Waals surface area contributed by atoms with E-state index in [-0.39, 0.29) is 5.56 Å². The van der Waals surface area contributed by atoms with Crippen molar-refractivity contribution in [3.05, 3.63) is 35.7 Å². The fourth-order valence-electron chi connectivity index (χ4n) is 2.84. The topological polar surface area (TPSA) is 76.2 Å². The van der Waals surface area contributed by atoms with Gasteiger partial charge < -0.3 is 9.63 Å². The molecule has 1 saturated carbocycles. The standard InChI is InChI=1S/C16H18N2O3/c19-16(20)13-9-5-8-12(10-13)15-17-14(18-21-15)11-6-3-1-2-4-7-11/h5,8-11H,1-4,6-7H2,(H,19,20). The summed E-state index contributed by atoms with van der Waals surface area (Å²) < 4.78 is 5.33. The van der Waals surface area contributed by atoms with Gasteiger partial charge in [-0.1, -0.05) is 36.9 Å². The molecule has 0 saturated heterocycles. The van der Waals surface area contributed by atoms with Gasteiger partial charge in [0.15, 0.2) is 5.82 Å². The Morgan fingerprint density at radius 2 is 1.95 bits per heavy atom. The molecule has 5 nitrogen and oxygen atoms in total. The third-order valence-electron chi connectivity index (χ3n) is 4.02. The first-order valence-electron chi connectivity index (χ1n) is 7.41. The summed E-state index contributed by atoms with van der Waals surface area (Å²) >= 11 is 0. The summed E-state index contributed by atoms with van der Waals surface area (Å²) in [4.78, 5) is 15.5. The number of benzene rings is 1. The average molecular weight is 286 g/mol. The maximum atomic E-state index is 11.0. The van der Waals surface area contributed by atoms with Gasteiger partial charge in [-0.15, -0.1) is 0 Å². The van der Waals surface area contributed by atoms with Crippen molar-refractivity contribution in [1.29, 1.82) is 0 Å². The van der Waals surface area contributed by atoms with Crippen LogP contribution in [0.1, 0.15) is 60.6 Å². The lowest BCUT2D eigenvalue weighted by molar-refractivity contribution is 0.0697. The molecule has 1 aliphatic carbocycles. The van der Waals surface area contributed by atoms with Gasteiger partial charge in [0.2, 0.25) is 0 Å². The number of hydrogen-bond donors (Lipinski definition) is 1. The minimum absolute atomic E-state index is 0.224. The summed E-state index contributed by atoms with van der Waals surface area (Å²) in [5.41, 5.74) is 0.879. The van der Waals surface area contributed by atoms with Gasteiger partial charge in [-0.2, -0.15) is 4.98 Å². The van der Waals surface area contributed by atoms with Crippen molar-refractivity contribution in [2.24, 2.45) is 0 Å².